The fraction of sp³-hybridized carbons (Fsp3) is 0.833. The summed E-state index contributed by atoms with van der Waals surface area (Å²) < 4.78 is 71.7. The predicted octanol–water partition coefficient (Wildman–Crippen LogP) is 2.02. The third-order valence-corrected chi connectivity index (χ3v) is 3.30. The summed E-state index contributed by atoms with van der Waals surface area (Å²) in [6.07, 6.45) is -7.42. The number of amides is 4. The van der Waals surface area contributed by atoms with E-state index in [4.69, 9.17) is 0 Å². The first kappa shape index (κ1) is 20.2. The molecule has 0 aromatic carbocycles. The van der Waals surface area contributed by atoms with Crippen molar-refractivity contribution in [3.63, 3.8) is 0 Å². The Morgan fingerprint density at radius 3 is 1.25 bits per heavy atom. The Morgan fingerprint density at radius 2 is 1.00 bits per heavy atom. The molecule has 0 unspecified atom stereocenters. The van der Waals surface area contributed by atoms with E-state index in [-0.39, 0.29) is 12.1 Å². The molecule has 1 saturated carbocycles. The fourth-order valence-electron chi connectivity index (χ4n) is 2.22. The highest BCUT2D eigenvalue weighted by molar-refractivity contribution is 5.74. The molecule has 12 heteroatoms. The van der Waals surface area contributed by atoms with Crippen LogP contribution in [0, 0.1) is 0 Å². The molecular weight excluding hydrogens is 346 g/mol. The molecule has 4 N–H and O–H groups in total. The molecule has 4 amide bonds. The number of hydrogen-bond donors (Lipinski definition) is 4. The SMILES string of the molecule is O=C(NCC(F)(F)F)NC1CCC(NC(=O)NCC(F)(F)F)CC1. The maximum Gasteiger partial charge on any atom is 0.405 e. The van der Waals surface area contributed by atoms with Crippen LogP contribution < -0.4 is 21.3 Å². The maximum absolute atomic E-state index is 11.9. The quantitative estimate of drug-likeness (QED) is 0.576. The lowest BCUT2D eigenvalue weighted by molar-refractivity contribution is -0.123. The summed E-state index contributed by atoms with van der Waals surface area (Å²) >= 11 is 0. The molecule has 0 radical (unpaired) electrons. The highest BCUT2D eigenvalue weighted by atomic mass is 19.4. The summed E-state index contributed by atoms with van der Waals surface area (Å²) in [5.41, 5.74) is 0. The molecule has 1 aliphatic carbocycles. The van der Waals surface area contributed by atoms with Crippen LogP contribution in [0.1, 0.15) is 25.7 Å². The summed E-state index contributed by atoms with van der Waals surface area (Å²) in [6, 6.07) is -2.58. The normalized spacial score (nSPS) is 21.8. The van der Waals surface area contributed by atoms with E-state index in [0.717, 1.165) is 0 Å². The lowest BCUT2D eigenvalue weighted by Gasteiger charge is -2.29. The van der Waals surface area contributed by atoms with Crippen molar-refractivity contribution in [1.82, 2.24) is 21.3 Å². The van der Waals surface area contributed by atoms with Crippen LogP contribution in [0.25, 0.3) is 0 Å². The standard InChI is InChI=1S/C12H18F6N4O2/c13-11(14,15)5-19-9(23)21-7-1-2-8(4-3-7)22-10(24)20-6-12(16,17)18/h7-8H,1-6H2,(H2,19,21,23)(H2,20,22,24). The van der Waals surface area contributed by atoms with Crippen molar-refractivity contribution >= 4 is 12.1 Å². The fourth-order valence-corrected chi connectivity index (χ4v) is 2.22. The van der Waals surface area contributed by atoms with Crippen LogP contribution in [0.4, 0.5) is 35.9 Å². The van der Waals surface area contributed by atoms with Gasteiger partial charge in [-0.3, -0.25) is 0 Å². The van der Waals surface area contributed by atoms with Crippen LogP contribution in [-0.4, -0.2) is 49.6 Å². The van der Waals surface area contributed by atoms with E-state index in [1.54, 1.807) is 10.6 Å². The van der Waals surface area contributed by atoms with Crippen LogP contribution in [-0.2, 0) is 0 Å². The lowest BCUT2D eigenvalue weighted by Crippen LogP contribution is -2.50. The minimum absolute atomic E-state index is 0.352. The lowest BCUT2D eigenvalue weighted by atomic mass is 9.91. The average molecular weight is 364 g/mol. The highest BCUT2D eigenvalue weighted by Gasteiger charge is 2.30. The summed E-state index contributed by atoms with van der Waals surface area (Å²) in [7, 11) is 0. The molecule has 0 atom stereocenters. The van der Waals surface area contributed by atoms with Gasteiger partial charge in [0.2, 0.25) is 0 Å². The van der Waals surface area contributed by atoms with Crippen molar-refractivity contribution < 1.29 is 35.9 Å². The molecule has 0 saturated heterocycles. The Kier molecular flexibility index (Phi) is 6.96. The minimum atomic E-state index is -4.50. The average Bonchev–Trinajstić information content (AvgIpc) is 2.44. The minimum Gasteiger partial charge on any atom is -0.335 e. The predicted molar refractivity (Wildman–Crippen MR) is 71.2 cm³/mol. The molecule has 0 aromatic heterocycles. The van der Waals surface area contributed by atoms with Crippen molar-refractivity contribution in [1.29, 1.82) is 0 Å². The third-order valence-electron chi connectivity index (χ3n) is 3.30. The van der Waals surface area contributed by atoms with Gasteiger partial charge in [0.15, 0.2) is 0 Å². The smallest absolute Gasteiger partial charge is 0.335 e. The van der Waals surface area contributed by atoms with E-state index in [0.29, 0.717) is 25.7 Å². The molecule has 0 heterocycles. The number of rotatable bonds is 4. The van der Waals surface area contributed by atoms with Gasteiger partial charge in [-0.05, 0) is 25.7 Å². The Balaban J connectivity index is 2.22. The first-order chi connectivity index (χ1) is 10.9. The second kappa shape index (κ2) is 8.29. The van der Waals surface area contributed by atoms with Gasteiger partial charge in [-0.25, -0.2) is 9.59 Å². The van der Waals surface area contributed by atoms with Gasteiger partial charge in [-0.1, -0.05) is 0 Å². The van der Waals surface area contributed by atoms with Gasteiger partial charge in [0.25, 0.3) is 0 Å². The summed E-state index contributed by atoms with van der Waals surface area (Å²) in [6.45, 7) is -2.87. The summed E-state index contributed by atoms with van der Waals surface area (Å²) in [5, 5.41) is 8.13. The second-order valence-corrected chi connectivity index (χ2v) is 5.43. The van der Waals surface area contributed by atoms with Crippen molar-refractivity contribution in [3.05, 3.63) is 0 Å². The largest absolute Gasteiger partial charge is 0.405 e. The van der Waals surface area contributed by atoms with Gasteiger partial charge < -0.3 is 21.3 Å². The van der Waals surface area contributed by atoms with Crippen molar-refractivity contribution in [3.8, 4) is 0 Å². The van der Waals surface area contributed by atoms with Gasteiger partial charge in [0, 0.05) is 12.1 Å². The number of nitrogens with one attached hydrogen (secondary N) is 4. The number of hydrogen-bond acceptors (Lipinski definition) is 2. The maximum atomic E-state index is 11.9. The number of urea groups is 2. The van der Waals surface area contributed by atoms with Crippen LogP contribution in [0.2, 0.25) is 0 Å². The Labute approximate surface area is 133 Å². The topological polar surface area (TPSA) is 82.3 Å². The van der Waals surface area contributed by atoms with Gasteiger partial charge >= 0.3 is 24.4 Å². The van der Waals surface area contributed by atoms with E-state index in [1.165, 1.54) is 0 Å². The van der Waals surface area contributed by atoms with Crippen LogP contribution in [0.15, 0.2) is 0 Å². The third kappa shape index (κ3) is 9.30. The second-order valence-electron chi connectivity index (χ2n) is 5.43. The van der Waals surface area contributed by atoms with Crippen molar-refractivity contribution in [2.45, 2.75) is 50.1 Å². The first-order valence-corrected chi connectivity index (χ1v) is 7.17. The van der Waals surface area contributed by atoms with Gasteiger partial charge in [-0.15, -0.1) is 0 Å². The van der Waals surface area contributed by atoms with E-state index in [2.05, 4.69) is 10.6 Å². The molecule has 0 bridgehead atoms. The molecule has 24 heavy (non-hydrogen) atoms. The highest BCUT2D eigenvalue weighted by Crippen LogP contribution is 2.19. The van der Waals surface area contributed by atoms with Gasteiger partial charge in [0.1, 0.15) is 13.1 Å². The summed E-state index contributed by atoms with van der Waals surface area (Å²) in [4.78, 5) is 22.6. The molecular formula is C12H18F6N4O2. The zero-order chi connectivity index (χ0) is 18.4. The molecule has 0 spiro atoms. The number of alkyl halides is 6. The molecule has 1 rings (SSSR count). The molecule has 0 aliphatic heterocycles. The number of carbonyl (C=O) groups excluding carboxylic acids is 2. The molecule has 0 aromatic rings. The molecule has 1 fully saturated rings. The zero-order valence-corrected chi connectivity index (χ0v) is 12.5. The Morgan fingerprint density at radius 1 is 0.708 bits per heavy atom. The Bertz CT molecular complexity index is 392. The first-order valence-electron chi connectivity index (χ1n) is 7.17. The van der Waals surface area contributed by atoms with Crippen LogP contribution in [0.5, 0.6) is 0 Å². The van der Waals surface area contributed by atoms with E-state index < -0.39 is 37.5 Å². The molecule has 6 nitrogen and oxygen atoms in total. The van der Waals surface area contributed by atoms with Crippen LogP contribution in [0.3, 0.4) is 0 Å². The van der Waals surface area contributed by atoms with Gasteiger partial charge in [0.05, 0.1) is 0 Å². The number of carbonyl (C=O) groups is 2. The van der Waals surface area contributed by atoms with Crippen LogP contribution >= 0.6 is 0 Å². The van der Waals surface area contributed by atoms with Crippen molar-refractivity contribution in [2.24, 2.45) is 0 Å². The van der Waals surface area contributed by atoms with E-state index in [9.17, 15) is 35.9 Å². The van der Waals surface area contributed by atoms with Gasteiger partial charge in [-0.2, -0.15) is 26.3 Å². The summed E-state index contributed by atoms with van der Waals surface area (Å²) in [5.74, 6) is 0. The Hall–Kier alpha value is -1.88. The molecule has 140 valence electrons. The monoisotopic (exact) mass is 364 g/mol. The van der Waals surface area contributed by atoms with E-state index in [1.807, 2.05) is 0 Å². The van der Waals surface area contributed by atoms with E-state index >= 15 is 0 Å². The number of halogens is 6. The zero-order valence-electron chi connectivity index (χ0n) is 12.5. The van der Waals surface area contributed by atoms with Crippen molar-refractivity contribution in [2.75, 3.05) is 13.1 Å². The molecule has 1 aliphatic rings.